The molecule has 0 aliphatic rings. The molecule has 0 amide bonds. The van der Waals surface area contributed by atoms with Crippen LogP contribution in [0, 0.1) is 0 Å². The van der Waals surface area contributed by atoms with Gasteiger partial charge < -0.3 is 14.7 Å². The van der Waals surface area contributed by atoms with Gasteiger partial charge in [-0.2, -0.15) is 0 Å². The van der Waals surface area contributed by atoms with E-state index in [1.54, 1.807) is 23.5 Å². The normalized spacial score (nSPS) is 10.9. The molecule has 0 unspecified atom stereocenters. The highest BCUT2D eigenvalue weighted by Gasteiger charge is 2.12. The highest BCUT2D eigenvalue weighted by molar-refractivity contribution is 7.22. The van der Waals surface area contributed by atoms with Gasteiger partial charge in [0, 0.05) is 13.1 Å². The summed E-state index contributed by atoms with van der Waals surface area (Å²) < 4.78 is 7.05. The van der Waals surface area contributed by atoms with Crippen molar-refractivity contribution in [1.29, 1.82) is 0 Å². The molecule has 0 saturated heterocycles. The quantitative estimate of drug-likeness (QED) is 0.461. The van der Waals surface area contributed by atoms with Crippen molar-refractivity contribution in [3.8, 4) is 5.75 Å². The molecule has 3 rings (SSSR count). The van der Waals surface area contributed by atoms with Gasteiger partial charge in [0.05, 0.1) is 23.2 Å². The zero-order chi connectivity index (χ0) is 19.8. The molecule has 0 radical (unpaired) electrons. The van der Waals surface area contributed by atoms with Gasteiger partial charge >= 0.3 is 5.97 Å². The van der Waals surface area contributed by atoms with E-state index in [0.717, 1.165) is 54.3 Å². The highest BCUT2D eigenvalue weighted by Crippen LogP contribution is 2.29. The minimum absolute atomic E-state index is 0.0135. The lowest BCUT2D eigenvalue weighted by molar-refractivity contribution is -0.136. The van der Waals surface area contributed by atoms with Crippen LogP contribution < -0.4 is 9.64 Å². The fourth-order valence-corrected chi connectivity index (χ4v) is 4.03. The van der Waals surface area contributed by atoms with Crippen molar-refractivity contribution < 1.29 is 14.6 Å². The second-order valence-electron chi connectivity index (χ2n) is 6.72. The number of thiazole rings is 1. The van der Waals surface area contributed by atoms with Crippen molar-refractivity contribution in [2.24, 2.45) is 0 Å². The first kappa shape index (κ1) is 20.1. The Kier molecular flexibility index (Phi) is 7.25. The predicted octanol–water partition coefficient (Wildman–Crippen LogP) is 5.00. The molecule has 2 aromatic carbocycles. The number of nitrogens with zero attached hydrogens (tertiary/aromatic N) is 2. The molecule has 28 heavy (non-hydrogen) atoms. The molecule has 0 bridgehead atoms. The number of aliphatic carboxylic acids is 1. The maximum absolute atomic E-state index is 10.8. The molecule has 1 aromatic heterocycles. The molecule has 3 aromatic rings. The van der Waals surface area contributed by atoms with E-state index in [-0.39, 0.29) is 6.42 Å². The van der Waals surface area contributed by atoms with E-state index in [1.165, 1.54) is 4.70 Å². The summed E-state index contributed by atoms with van der Waals surface area (Å²) in [6, 6.07) is 15.6. The van der Waals surface area contributed by atoms with Crippen molar-refractivity contribution in [3.05, 3.63) is 54.1 Å². The molecule has 6 heteroatoms. The van der Waals surface area contributed by atoms with Crippen LogP contribution in [0.5, 0.6) is 5.75 Å². The van der Waals surface area contributed by atoms with Crippen LogP contribution in [0.15, 0.2) is 48.5 Å². The molecule has 0 aliphatic carbocycles. The summed E-state index contributed by atoms with van der Waals surface area (Å²) in [4.78, 5) is 18.0. The summed E-state index contributed by atoms with van der Waals surface area (Å²) in [7, 11) is 0. The van der Waals surface area contributed by atoms with Crippen LogP contribution in [-0.2, 0) is 11.2 Å². The van der Waals surface area contributed by atoms with Gasteiger partial charge in [0.15, 0.2) is 5.13 Å². The Bertz CT molecular complexity index is 876. The summed E-state index contributed by atoms with van der Waals surface area (Å²) in [6.45, 7) is 4.66. The Hall–Kier alpha value is -2.60. The summed E-state index contributed by atoms with van der Waals surface area (Å²) in [6.07, 6.45) is 3.17. The SMILES string of the molecule is CCCCN(CCCOc1cccc(CC(=O)O)c1)c1nc2ccccc2s1. The molecule has 148 valence electrons. The minimum atomic E-state index is -0.834. The Balaban J connectivity index is 1.56. The van der Waals surface area contributed by atoms with Crippen molar-refractivity contribution in [2.45, 2.75) is 32.6 Å². The molecule has 0 saturated carbocycles. The number of hydrogen-bond acceptors (Lipinski definition) is 5. The largest absolute Gasteiger partial charge is 0.494 e. The van der Waals surface area contributed by atoms with Crippen molar-refractivity contribution in [3.63, 3.8) is 0 Å². The van der Waals surface area contributed by atoms with Gasteiger partial charge in [0.1, 0.15) is 5.75 Å². The van der Waals surface area contributed by atoms with Gasteiger partial charge in [0.2, 0.25) is 0 Å². The summed E-state index contributed by atoms with van der Waals surface area (Å²) >= 11 is 1.74. The lowest BCUT2D eigenvalue weighted by atomic mass is 10.1. The number of ether oxygens (including phenoxy) is 1. The molecule has 0 aliphatic heterocycles. The molecule has 0 fully saturated rings. The van der Waals surface area contributed by atoms with E-state index < -0.39 is 5.97 Å². The molecular weight excluding hydrogens is 372 g/mol. The third kappa shape index (κ3) is 5.70. The topological polar surface area (TPSA) is 62.7 Å². The number of anilines is 1. The summed E-state index contributed by atoms with van der Waals surface area (Å²) in [5.74, 6) is -0.113. The number of para-hydroxylation sites is 1. The number of rotatable bonds is 11. The second kappa shape index (κ2) is 10.1. The molecule has 1 heterocycles. The van der Waals surface area contributed by atoms with E-state index in [9.17, 15) is 4.79 Å². The van der Waals surface area contributed by atoms with Crippen molar-refractivity contribution >= 4 is 32.7 Å². The van der Waals surface area contributed by atoms with Crippen LogP contribution in [0.25, 0.3) is 10.2 Å². The monoisotopic (exact) mass is 398 g/mol. The minimum Gasteiger partial charge on any atom is -0.494 e. The van der Waals surface area contributed by atoms with Crippen LogP contribution >= 0.6 is 11.3 Å². The average molecular weight is 399 g/mol. The fourth-order valence-electron chi connectivity index (χ4n) is 3.01. The maximum Gasteiger partial charge on any atom is 0.307 e. The van der Waals surface area contributed by atoms with Crippen LogP contribution in [0.1, 0.15) is 31.7 Å². The van der Waals surface area contributed by atoms with Crippen molar-refractivity contribution in [1.82, 2.24) is 4.98 Å². The molecule has 0 atom stereocenters. The molecule has 0 spiro atoms. The van der Waals surface area contributed by atoms with E-state index in [4.69, 9.17) is 14.8 Å². The van der Waals surface area contributed by atoms with E-state index in [2.05, 4.69) is 24.0 Å². The van der Waals surface area contributed by atoms with Gasteiger partial charge in [-0.1, -0.05) is 48.9 Å². The Morgan fingerprint density at radius 1 is 1.14 bits per heavy atom. The number of unbranched alkanes of at least 4 members (excludes halogenated alkanes) is 1. The van der Waals surface area contributed by atoms with Crippen LogP contribution in [-0.4, -0.2) is 35.8 Å². The first-order valence-corrected chi connectivity index (χ1v) is 10.5. The van der Waals surface area contributed by atoms with Crippen LogP contribution in [0.2, 0.25) is 0 Å². The van der Waals surface area contributed by atoms with E-state index >= 15 is 0 Å². The first-order chi connectivity index (χ1) is 13.7. The molecular formula is C22H26N2O3S. The lowest BCUT2D eigenvalue weighted by Gasteiger charge is -2.21. The Morgan fingerprint density at radius 3 is 2.75 bits per heavy atom. The van der Waals surface area contributed by atoms with Crippen LogP contribution in [0.4, 0.5) is 5.13 Å². The Morgan fingerprint density at radius 2 is 1.96 bits per heavy atom. The third-order valence-corrected chi connectivity index (χ3v) is 5.53. The van der Waals surface area contributed by atoms with Crippen molar-refractivity contribution in [2.75, 3.05) is 24.6 Å². The van der Waals surface area contributed by atoms with Gasteiger partial charge in [-0.25, -0.2) is 4.98 Å². The van der Waals surface area contributed by atoms with Crippen LogP contribution in [0.3, 0.4) is 0 Å². The Labute approximate surface area is 169 Å². The smallest absolute Gasteiger partial charge is 0.307 e. The van der Waals surface area contributed by atoms with Gasteiger partial charge in [-0.3, -0.25) is 4.79 Å². The lowest BCUT2D eigenvalue weighted by Crippen LogP contribution is -2.26. The number of fused-ring (bicyclic) bond motifs is 1. The predicted molar refractivity (Wildman–Crippen MR) is 115 cm³/mol. The first-order valence-electron chi connectivity index (χ1n) is 9.69. The summed E-state index contributed by atoms with van der Waals surface area (Å²) in [5, 5.41) is 9.98. The standard InChI is InChI=1S/C22H26N2O3S/c1-2-3-12-24(22-23-19-10-4-5-11-20(19)28-22)13-7-14-27-18-9-6-8-17(15-18)16-21(25)26/h4-6,8-11,15H,2-3,7,12-14,16H2,1H3,(H,25,26). The van der Waals surface area contributed by atoms with Gasteiger partial charge in [-0.05, 0) is 42.7 Å². The van der Waals surface area contributed by atoms with Gasteiger partial charge in [-0.15, -0.1) is 0 Å². The number of benzene rings is 2. The van der Waals surface area contributed by atoms with E-state index in [0.29, 0.717) is 6.61 Å². The second-order valence-corrected chi connectivity index (χ2v) is 7.73. The number of carboxylic acid groups (broad SMARTS) is 1. The number of hydrogen-bond donors (Lipinski definition) is 1. The number of carboxylic acids is 1. The molecule has 1 N–H and O–H groups in total. The zero-order valence-corrected chi connectivity index (χ0v) is 17.0. The average Bonchev–Trinajstić information content (AvgIpc) is 3.11. The molecule has 5 nitrogen and oxygen atoms in total. The fraction of sp³-hybridized carbons (Fsp3) is 0.364. The zero-order valence-electron chi connectivity index (χ0n) is 16.1. The summed E-state index contributed by atoms with van der Waals surface area (Å²) in [5.41, 5.74) is 1.81. The maximum atomic E-state index is 10.8. The third-order valence-electron chi connectivity index (χ3n) is 4.43. The number of carbonyl (C=O) groups is 1. The number of aromatic nitrogens is 1. The van der Waals surface area contributed by atoms with E-state index in [1.807, 2.05) is 24.3 Å². The van der Waals surface area contributed by atoms with Gasteiger partial charge in [0.25, 0.3) is 0 Å². The highest BCUT2D eigenvalue weighted by atomic mass is 32.1.